The standard InChI is InChI=1S/C11H17N3O/c1-2-3-7-15-8-6-14-11-4-5-13-9-10(11)12/h2,4-5,9H,1,3,6-8,12H2,(H,13,14). The fourth-order valence-corrected chi connectivity index (χ4v) is 1.09. The second kappa shape index (κ2) is 6.84. The molecule has 15 heavy (non-hydrogen) atoms. The first kappa shape index (κ1) is 11.5. The number of hydrogen-bond donors (Lipinski definition) is 2. The summed E-state index contributed by atoms with van der Waals surface area (Å²) in [6, 6.07) is 1.85. The molecule has 0 aliphatic carbocycles. The van der Waals surface area contributed by atoms with Gasteiger partial charge in [0.15, 0.2) is 0 Å². The Kier molecular flexibility index (Phi) is 5.25. The molecule has 4 nitrogen and oxygen atoms in total. The molecule has 1 aromatic heterocycles. The summed E-state index contributed by atoms with van der Waals surface area (Å²) in [7, 11) is 0. The van der Waals surface area contributed by atoms with Gasteiger partial charge in [-0.1, -0.05) is 6.08 Å². The van der Waals surface area contributed by atoms with Crippen LogP contribution in [0.3, 0.4) is 0 Å². The van der Waals surface area contributed by atoms with Crippen LogP contribution in [0.2, 0.25) is 0 Å². The molecule has 0 bridgehead atoms. The van der Waals surface area contributed by atoms with Gasteiger partial charge in [0.25, 0.3) is 0 Å². The molecule has 0 amide bonds. The van der Waals surface area contributed by atoms with Crippen molar-refractivity contribution in [3.63, 3.8) is 0 Å². The van der Waals surface area contributed by atoms with Crippen LogP contribution >= 0.6 is 0 Å². The van der Waals surface area contributed by atoms with Crippen LogP contribution in [0, 0.1) is 0 Å². The van der Waals surface area contributed by atoms with Gasteiger partial charge in [0.05, 0.1) is 30.8 Å². The van der Waals surface area contributed by atoms with E-state index in [1.807, 2.05) is 12.1 Å². The van der Waals surface area contributed by atoms with Gasteiger partial charge in [0, 0.05) is 12.7 Å². The number of nitrogen functional groups attached to an aromatic ring is 1. The van der Waals surface area contributed by atoms with Crippen molar-refractivity contribution in [3.05, 3.63) is 31.1 Å². The largest absolute Gasteiger partial charge is 0.396 e. The number of anilines is 2. The van der Waals surface area contributed by atoms with Crippen molar-refractivity contribution in [3.8, 4) is 0 Å². The predicted octanol–water partition coefficient (Wildman–Crippen LogP) is 1.67. The van der Waals surface area contributed by atoms with Crippen LogP contribution in [0.15, 0.2) is 31.1 Å². The third-order valence-electron chi connectivity index (χ3n) is 1.88. The molecule has 0 aliphatic rings. The van der Waals surface area contributed by atoms with Crippen LogP contribution in [-0.2, 0) is 4.74 Å². The van der Waals surface area contributed by atoms with Crippen LogP contribution in [0.5, 0.6) is 0 Å². The molecule has 1 aromatic rings. The Morgan fingerprint density at radius 2 is 2.40 bits per heavy atom. The molecule has 82 valence electrons. The number of aromatic nitrogens is 1. The minimum Gasteiger partial charge on any atom is -0.396 e. The number of nitrogens with two attached hydrogens (primary N) is 1. The van der Waals surface area contributed by atoms with Crippen LogP contribution in [0.1, 0.15) is 6.42 Å². The highest BCUT2D eigenvalue weighted by Gasteiger charge is 1.95. The lowest BCUT2D eigenvalue weighted by Gasteiger charge is -2.08. The zero-order chi connectivity index (χ0) is 10.9. The van der Waals surface area contributed by atoms with E-state index in [0.29, 0.717) is 12.3 Å². The second-order valence-electron chi connectivity index (χ2n) is 3.08. The molecule has 0 aliphatic heterocycles. The lowest BCUT2D eigenvalue weighted by Crippen LogP contribution is -2.11. The quantitative estimate of drug-likeness (QED) is 0.527. The van der Waals surface area contributed by atoms with E-state index in [0.717, 1.165) is 25.3 Å². The zero-order valence-corrected chi connectivity index (χ0v) is 8.78. The molecule has 1 rings (SSSR count). The molecule has 0 atom stereocenters. The molecule has 0 aromatic carbocycles. The van der Waals surface area contributed by atoms with Crippen molar-refractivity contribution >= 4 is 11.4 Å². The van der Waals surface area contributed by atoms with Crippen molar-refractivity contribution in [2.45, 2.75) is 6.42 Å². The third kappa shape index (κ3) is 4.46. The van der Waals surface area contributed by atoms with Crippen molar-refractivity contribution in [2.75, 3.05) is 30.8 Å². The van der Waals surface area contributed by atoms with E-state index in [-0.39, 0.29) is 0 Å². The monoisotopic (exact) mass is 207 g/mol. The Morgan fingerprint density at radius 1 is 1.53 bits per heavy atom. The molecular weight excluding hydrogens is 190 g/mol. The van der Waals surface area contributed by atoms with E-state index in [9.17, 15) is 0 Å². The summed E-state index contributed by atoms with van der Waals surface area (Å²) in [5.74, 6) is 0. The Morgan fingerprint density at radius 3 is 3.13 bits per heavy atom. The van der Waals surface area contributed by atoms with Crippen molar-refractivity contribution in [1.82, 2.24) is 4.98 Å². The molecule has 1 heterocycles. The Labute approximate surface area is 90.2 Å². The summed E-state index contributed by atoms with van der Waals surface area (Å²) in [6.07, 6.45) is 6.06. The summed E-state index contributed by atoms with van der Waals surface area (Å²) in [6.45, 7) is 5.74. The highest BCUT2D eigenvalue weighted by atomic mass is 16.5. The van der Waals surface area contributed by atoms with Crippen molar-refractivity contribution in [2.24, 2.45) is 0 Å². The maximum Gasteiger partial charge on any atom is 0.0736 e. The average Bonchev–Trinajstić information content (AvgIpc) is 2.25. The minimum atomic E-state index is 0.656. The Hall–Kier alpha value is -1.55. The third-order valence-corrected chi connectivity index (χ3v) is 1.88. The maximum absolute atomic E-state index is 5.70. The fourth-order valence-electron chi connectivity index (χ4n) is 1.09. The van der Waals surface area contributed by atoms with Gasteiger partial charge >= 0.3 is 0 Å². The van der Waals surface area contributed by atoms with Gasteiger partial charge in [-0.15, -0.1) is 6.58 Å². The number of rotatable bonds is 7. The lowest BCUT2D eigenvalue weighted by molar-refractivity contribution is 0.149. The van der Waals surface area contributed by atoms with E-state index < -0.39 is 0 Å². The topological polar surface area (TPSA) is 60.2 Å². The van der Waals surface area contributed by atoms with Gasteiger partial charge in [-0.05, 0) is 12.5 Å². The second-order valence-corrected chi connectivity index (χ2v) is 3.08. The highest BCUT2D eigenvalue weighted by molar-refractivity contribution is 5.64. The predicted molar refractivity (Wildman–Crippen MR) is 62.8 cm³/mol. The molecular formula is C11H17N3O. The highest BCUT2D eigenvalue weighted by Crippen LogP contribution is 2.14. The van der Waals surface area contributed by atoms with Gasteiger partial charge < -0.3 is 15.8 Å². The first-order chi connectivity index (χ1) is 7.34. The van der Waals surface area contributed by atoms with E-state index in [1.165, 1.54) is 0 Å². The zero-order valence-electron chi connectivity index (χ0n) is 8.78. The summed E-state index contributed by atoms with van der Waals surface area (Å²) in [5, 5.41) is 3.17. The number of hydrogen-bond acceptors (Lipinski definition) is 4. The number of nitrogens with zero attached hydrogens (tertiary/aromatic N) is 1. The van der Waals surface area contributed by atoms with Crippen molar-refractivity contribution < 1.29 is 4.74 Å². The van der Waals surface area contributed by atoms with Crippen molar-refractivity contribution in [1.29, 1.82) is 0 Å². The fraction of sp³-hybridized carbons (Fsp3) is 0.364. The number of nitrogens with one attached hydrogen (secondary N) is 1. The number of pyridine rings is 1. The summed E-state index contributed by atoms with van der Waals surface area (Å²) < 4.78 is 5.35. The number of ether oxygens (including phenoxy) is 1. The molecule has 4 heteroatoms. The molecule has 0 spiro atoms. The van der Waals surface area contributed by atoms with E-state index in [1.54, 1.807) is 12.4 Å². The van der Waals surface area contributed by atoms with Gasteiger partial charge in [-0.2, -0.15) is 0 Å². The average molecular weight is 207 g/mol. The maximum atomic E-state index is 5.70. The lowest BCUT2D eigenvalue weighted by atomic mass is 10.3. The van der Waals surface area contributed by atoms with Gasteiger partial charge in [0.1, 0.15) is 0 Å². The Balaban J connectivity index is 2.15. The SMILES string of the molecule is C=CCCOCCNc1ccncc1N. The van der Waals surface area contributed by atoms with Gasteiger partial charge in [-0.3, -0.25) is 4.98 Å². The van der Waals surface area contributed by atoms with E-state index >= 15 is 0 Å². The Bertz CT molecular complexity index is 302. The first-order valence-electron chi connectivity index (χ1n) is 4.96. The molecule has 0 saturated heterocycles. The van der Waals surface area contributed by atoms with E-state index in [2.05, 4.69) is 16.9 Å². The van der Waals surface area contributed by atoms with Crippen LogP contribution in [0.4, 0.5) is 11.4 Å². The van der Waals surface area contributed by atoms with Crippen LogP contribution in [0.25, 0.3) is 0 Å². The van der Waals surface area contributed by atoms with Gasteiger partial charge in [0.2, 0.25) is 0 Å². The molecule has 0 saturated carbocycles. The first-order valence-corrected chi connectivity index (χ1v) is 4.96. The normalized spacial score (nSPS) is 9.87. The van der Waals surface area contributed by atoms with Gasteiger partial charge in [-0.25, -0.2) is 0 Å². The molecule has 0 unspecified atom stereocenters. The smallest absolute Gasteiger partial charge is 0.0736 e. The minimum absolute atomic E-state index is 0.656. The molecule has 0 fully saturated rings. The van der Waals surface area contributed by atoms with Crippen LogP contribution in [-0.4, -0.2) is 24.7 Å². The summed E-state index contributed by atoms with van der Waals surface area (Å²) >= 11 is 0. The summed E-state index contributed by atoms with van der Waals surface area (Å²) in [4.78, 5) is 3.91. The summed E-state index contributed by atoms with van der Waals surface area (Å²) in [5.41, 5.74) is 7.26. The molecule has 3 N–H and O–H groups in total. The van der Waals surface area contributed by atoms with Crippen LogP contribution < -0.4 is 11.1 Å². The van der Waals surface area contributed by atoms with E-state index in [4.69, 9.17) is 10.5 Å². The molecule has 0 radical (unpaired) electrons.